The van der Waals surface area contributed by atoms with Gasteiger partial charge in [-0.15, -0.1) is 5.10 Å². The number of methoxy groups -OCH3 is 1. The van der Waals surface area contributed by atoms with Crippen LogP contribution in [0.5, 0.6) is 5.75 Å². The van der Waals surface area contributed by atoms with Crippen molar-refractivity contribution < 1.29 is 14.6 Å². The Kier molecular flexibility index (Phi) is 4.08. The molecule has 4 rings (SSSR count). The van der Waals surface area contributed by atoms with E-state index >= 15 is 0 Å². The number of imidazole rings is 1. The highest BCUT2D eigenvalue weighted by atomic mass is 16.5. The Balaban J connectivity index is 1.67. The van der Waals surface area contributed by atoms with Gasteiger partial charge in [0.1, 0.15) is 28.9 Å². The quantitative estimate of drug-likeness (QED) is 0.564. The molecule has 1 atom stereocenters. The van der Waals surface area contributed by atoms with E-state index in [1.807, 2.05) is 31.2 Å². The van der Waals surface area contributed by atoms with Crippen molar-refractivity contribution in [2.45, 2.75) is 13.0 Å². The van der Waals surface area contributed by atoms with E-state index in [0.29, 0.717) is 17.0 Å². The summed E-state index contributed by atoms with van der Waals surface area (Å²) in [7, 11) is 1.44. The van der Waals surface area contributed by atoms with Gasteiger partial charge < -0.3 is 14.8 Å². The second-order valence-corrected chi connectivity index (χ2v) is 6.12. The van der Waals surface area contributed by atoms with Crippen LogP contribution in [-0.4, -0.2) is 43.1 Å². The molecule has 0 spiro atoms. The number of nitrogens with zero attached hydrogens (tertiary/aromatic N) is 4. The van der Waals surface area contributed by atoms with Crippen LogP contribution in [0.2, 0.25) is 0 Å². The lowest BCUT2D eigenvalue weighted by Crippen LogP contribution is -2.09. The van der Waals surface area contributed by atoms with E-state index in [2.05, 4.69) is 20.3 Å². The molecule has 2 aromatic heterocycles. The molecule has 8 nitrogen and oxygen atoms in total. The first-order valence-electron chi connectivity index (χ1n) is 8.35. The second kappa shape index (κ2) is 6.56. The molecule has 4 aromatic rings. The fourth-order valence-corrected chi connectivity index (χ4v) is 2.93. The maximum Gasteiger partial charge on any atom is 0.339 e. The fraction of sp³-hybridized carbons (Fsp3) is 0.158. The minimum absolute atomic E-state index is 0.0786. The van der Waals surface area contributed by atoms with Crippen LogP contribution in [0, 0.1) is 0 Å². The molecule has 0 saturated heterocycles. The molecule has 0 bridgehead atoms. The SMILES string of the molecule is COc1ccc(-c2cn([C@@H](C)c3nc4ccccc4[nH]3)nn2)cc1C(=O)O. The predicted octanol–water partition coefficient (Wildman–Crippen LogP) is 3.14. The number of hydrogen-bond donors (Lipinski definition) is 2. The number of rotatable bonds is 5. The number of carbonyl (C=O) groups is 1. The van der Waals surface area contributed by atoms with Crippen molar-refractivity contribution in [3.63, 3.8) is 0 Å². The summed E-state index contributed by atoms with van der Waals surface area (Å²) in [6.45, 7) is 1.97. The molecule has 2 aromatic carbocycles. The summed E-state index contributed by atoms with van der Waals surface area (Å²) in [6, 6.07) is 12.5. The monoisotopic (exact) mass is 363 g/mol. The Labute approximate surface area is 154 Å². The summed E-state index contributed by atoms with van der Waals surface area (Å²) >= 11 is 0. The number of nitrogens with one attached hydrogen (secondary N) is 1. The van der Waals surface area contributed by atoms with E-state index in [4.69, 9.17) is 4.74 Å². The lowest BCUT2D eigenvalue weighted by molar-refractivity contribution is 0.0693. The molecular formula is C19H17N5O3. The highest BCUT2D eigenvalue weighted by Crippen LogP contribution is 2.26. The van der Waals surface area contributed by atoms with Crippen molar-refractivity contribution in [1.82, 2.24) is 25.0 Å². The second-order valence-electron chi connectivity index (χ2n) is 6.12. The first-order valence-corrected chi connectivity index (χ1v) is 8.35. The largest absolute Gasteiger partial charge is 0.496 e. The molecule has 2 heterocycles. The molecule has 0 amide bonds. The maximum absolute atomic E-state index is 11.4. The number of carboxylic acids is 1. The van der Waals surface area contributed by atoms with Crippen LogP contribution in [0.15, 0.2) is 48.7 Å². The minimum atomic E-state index is -1.06. The number of benzene rings is 2. The van der Waals surface area contributed by atoms with Gasteiger partial charge in [0.2, 0.25) is 0 Å². The van der Waals surface area contributed by atoms with Crippen molar-refractivity contribution in [2.75, 3.05) is 7.11 Å². The number of H-pyrrole nitrogens is 1. The average Bonchev–Trinajstić information content (AvgIpc) is 3.34. The number of aromatic nitrogens is 5. The maximum atomic E-state index is 11.4. The van der Waals surface area contributed by atoms with Crippen molar-refractivity contribution in [1.29, 1.82) is 0 Å². The highest BCUT2D eigenvalue weighted by molar-refractivity contribution is 5.92. The number of ether oxygens (including phenoxy) is 1. The first kappa shape index (κ1) is 16.8. The van der Waals surface area contributed by atoms with E-state index < -0.39 is 5.97 Å². The Morgan fingerprint density at radius 3 is 2.81 bits per heavy atom. The van der Waals surface area contributed by atoms with Gasteiger partial charge in [-0.3, -0.25) is 0 Å². The van der Waals surface area contributed by atoms with Crippen LogP contribution < -0.4 is 4.74 Å². The molecule has 136 valence electrons. The summed E-state index contributed by atoms with van der Waals surface area (Å²) in [5, 5.41) is 17.7. The van der Waals surface area contributed by atoms with E-state index in [0.717, 1.165) is 16.9 Å². The van der Waals surface area contributed by atoms with Crippen LogP contribution in [-0.2, 0) is 0 Å². The number of aromatic amines is 1. The van der Waals surface area contributed by atoms with Gasteiger partial charge in [0, 0.05) is 5.56 Å². The molecular weight excluding hydrogens is 346 g/mol. The average molecular weight is 363 g/mol. The number of para-hydroxylation sites is 2. The Morgan fingerprint density at radius 2 is 2.07 bits per heavy atom. The van der Waals surface area contributed by atoms with Crippen molar-refractivity contribution in [2.24, 2.45) is 0 Å². The van der Waals surface area contributed by atoms with Crippen LogP contribution >= 0.6 is 0 Å². The molecule has 0 fully saturated rings. The van der Waals surface area contributed by atoms with E-state index in [9.17, 15) is 9.90 Å². The Hall–Kier alpha value is -3.68. The number of carboxylic acid groups (broad SMARTS) is 1. The van der Waals surface area contributed by atoms with Crippen LogP contribution in [0.25, 0.3) is 22.3 Å². The van der Waals surface area contributed by atoms with Crippen LogP contribution in [0.1, 0.15) is 29.1 Å². The smallest absolute Gasteiger partial charge is 0.339 e. The van der Waals surface area contributed by atoms with Crippen molar-refractivity contribution in [3.05, 3.63) is 60.0 Å². The van der Waals surface area contributed by atoms with Gasteiger partial charge >= 0.3 is 5.97 Å². The van der Waals surface area contributed by atoms with Crippen LogP contribution in [0.4, 0.5) is 0 Å². The number of fused-ring (bicyclic) bond motifs is 1. The Bertz CT molecular complexity index is 1100. The third-order valence-electron chi connectivity index (χ3n) is 4.44. The molecule has 0 aliphatic heterocycles. The van der Waals surface area contributed by atoms with Gasteiger partial charge in [0.15, 0.2) is 0 Å². The first-order chi connectivity index (χ1) is 13.1. The van der Waals surface area contributed by atoms with Gasteiger partial charge in [-0.2, -0.15) is 0 Å². The van der Waals surface area contributed by atoms with Crippen LogP contribution in [0.3, 0.4) is 0 Å². The topological polar surface area (TPSA) is 106 Å². The normalized spacial score (nSPS) is 12.2. The molecule has 27 heavy (non-hydrogen) atoms. The lowest BCUT2D eigenvalue weighted by Gasteiger charge is -2.07. The fourth-order valence-electron chi connectivity index (χ4n) is 2.93. The van der Waals surface area contributed by atoms with Gasteiger partial charge in [-0.1, -0.05) is 17.3 Å². The predicted molar refractivity (Wildman–Crippen MR) is 98.9 cm³/mol. The standard InChI is InChI=1S/C19H17N5O3/c1-11(18-20-14-5-3-4-6-15(14)21-18)24-10-16(22-23-24)12-7-8-17(27-2)13(9-12)19(25)26/h3-11H,1-2H3,(H,20,21)(H,25,26)/t11-/m0/s1. The third kappa shape index (κ3) is 3.01. The van der Waals surface area contributed by atoms with Crippen molar-refractivity contribution in [3.8, 4) is 17.0 Å². The number of aromatic carboxylic acids is 1. The number of hydrogen-bond acceptors (Lipinski definition) is 5. The van der Waals surface area contributed by atoms with Gasteiger partial charge in [-0.05, 0) is 37.3 Å². The third-order valence-corrected chi connectivity index (χ3v) is 4.44. The van der Waals surface area contributed by atoms with Gasteiger partial charge in [-0.25, -0.2) is 14.5 Å². The van der Waals surface area contributed by atoms with Gasteiger partial charge in [0.25, 0.3) is 0 Å². The van der Waals surface area contributed by atoms with E-state index in [1.165, 1.54) is 13.2 Å². The van der Waals surface area contributed by atoms with E-state index in [1.54, 1.807) is 23.0 Å². The zero-order valence-electron chi connectivity index (χ0n) is 14.7. The molecule has 0 unspecified atom stereocenters. The zero-order valence-corrected chi connectivity index (χ0v) is 14.7. The zero-order chi connectivity index (χ0) is 19.0. The summed E-state index contributed by atoms with van der Waals surface area (Å²) < 4.78 is 6.79. The molecule has 0 saturated carbocycles. The van der Waals surface area contributed by atoms with E-state index in [-0.39, 0.29) is 11.6 Å². The summed E-state index contributed by atoms with van der Waals surface area (Å²) in [6.07, 6.45) is 1.77. The summed E-state index contributed by atoms with van der Waals surface area (Å²) in [5.41, 5.74) is 3.15. The lowest BCUT2D eigenvalue weighted by atomic mass is 10.1. The highest BCUT2D eigenvalue weighted by Gasteiger charge is 2.17. The minimum Gasteiger partial charge on any atom is -0.496 e. The van der Waals surface area contributed by atoms with Crippen molar-refractivity contribution >= 4 is 17.0 Å². The molecule has 0 aliphatic rings. The molecule has 2 N–H and O–H groups in total. The molecule has 8 heteroatoms. The molecule has 0 aliphatic carbocycles. The summed E-state index contributed by atoms with van der Waals surface area (Å²) in [4.78, 5) is 19.3. The van der Waals surface area contributed by atoms with Gasteiger partial charge in [0.05, 0.1) is 24.3 Å². The Morgan fingerprint density at radius 1 is 1.26 bits per heavy atom. The molecule has 0 radical (unpaired) electrons. The summed E-state index contributed by atoms with van der Waals surface area (Å²) in [5.74, 6) is 0.0135.